The molecule has 0 saturated carbocycles. The molecule has 24 heavy (non-hydrogen) atoms. The van der Waals surface area contributed by atoms with Gasteiger partial charge in [-0.25, -0.2) is 4.39 Å². The Kier molecular flexibility index (Phi) is 3.74. The maximum atomic E-state index is 13.3. The number of hydrogen-bond donors (Lipinski definition) is 1. The van der Waals surface area contributed by atoms with Gasteiger partial charge in [0.05, 0.1) is 18.0 Å². The van der Waals surface area contributed by atoms with Gasteiger partial charge in [0.1, 0.15) is 17.6 Å². The van der Waals surface area contributed by atoms with E-state index in [2.05, 4.69) is 10.3 Å². The first-order valence-electron chi connectivity index (χ1n) is 7.53. The summed E-state index contributed by atoms with van der Waals surface area (Å²) in [7, 11) is 0. The minimum atomic E-state index is -0.285. The van der Waals surface area contributed by atoms with Crippen LogP contribution in [0.3, 0.4) is 0 Å². The molecule has 0 aliphatic carbocycles. The van der Waals surface area contributed by atoms with E-state index in [9.17, 15) is 4.39 Å². The van der Waals surface area contributed by atoms with Crippen LogP contribution < -0.4 is 10.2 Å². The third kappa shape index (κ3) is 2.55. The van der Waals surface area contributed by atoms with Crippen molar-refractivity contribution in [3.63, 3.8) is 0 Å². The number of furan rings is 1. The molecule has 1 saturated heterocycles. The first-order chi connectivity index (χ1) is 11.7. The Bertz CT molecular complexity index is 836. The van der Waals surface area contributed by atoms with E-state index >= 15 is 0 Å². The summed E-state index contributed by atoms with van der Waals surface area (Å²) in [6.45, 7) is 0. The van der Waals surface area contributed by atoms with E-state index in [-0.39, 0.29) is 17.9 Å². The lowest BCUT2D eigenvalue weighted by Gasteiger charge is -2.26. The van der Waals surface area contributed by atoms with Gasteiger partial charge in [-0.3, -0.25) is 4.98 Å². The summed E-state index contributed by atoms with van der Waals surface area (Å²) in [6, 6.07) is 15.4. The molecule has 3 aromatic rings. The number of benzene rings is 1. The first-order valence-corrected chi connectivity index (χ1v) is 7.94. The van der Waals surface area contributed by atoms with Crippen LogP contribution in [0, 0.1) is 5.82 Å². The molecule has 2 aromatic heterocycles. The minimum absolute atomic E-state index is 0.157. The van der Waals surface area contributed by atoms with Gasteiger partial charge in [0, 0.05) is 11.9 Å². The van der Waals surface area contributed by atoms with E-state index < -0.39 is 0 Å². The number of hydrogen-bond acceptors (Lipinski definition) is 3. The molecule has 0 unspecified atom stereocenters. The second-order valence-corrected chi connectivity index (χ2v) is 5.88. The van der Waals surface area contributed by atoms with Crippen LogP contribution in [0.2, 0.25) is 0 Å². The molecule has 4 rings (SSSR count). The number of halogens is 1. The molecule has 2 atom stereocenters. The van der Waals surface area contributed by atoms with Crippen molar-refractivity contribution in [2.45, 2.75) is 12.1 Å². The molecule has 1 aliphatic heterocycles. The SMILES string of the molecule is Fc1ccc(N2C(=S)N[C@@H](c3ccccn3)[C@H]2c2ccco2)cc1. The van der Waals surface area contributed by atoms with E-state index in [4.69, 9.17) is 16.6 Å². The number of pyridine rings is 1. The summed E-state index contributed by atoms with van der Waals surface area (Å²) in [5.74, 6) is 0.481. The lowest BCUT2D eigenvalue weighted by Crippen LogP contribution is -2.29. The second-order valence-electron chi connectivity index (χ2n) is 5.49. The van der Waals surface area contributed by atoms with Gasteiger partial charge in [-0.15, -0.1) is 0 Å². The Morgan fingerprint density at radius 1 is 1.08 bits per heavy atom. The molecule has 1 N–H and O–H groups in total. The monoisotopic (exact) mass is 339 g/mol. The maximum absolute atomic E-state index is 13.3. The Labute approximate surface area is 143 Å². The molecular formula is C18H14FN3OS. The standard InChI is InChI=1S/C18H14FN3OS/c19-12-6-8-13(9-7-12)22-17(15-5-3-11-23-15)16(21-18(22)24)14-4-1-2-10-20-14/h1-11,16-17H,(H,21,24)/t16-,17+/m0/s1. The Morgan fingerprint density at radius 2 is 1.92 bits per heavy atom. The third-order valence-electron chi connectivity index (χ3n) is 4.04. The van der Waals surface area contributed by atoms with Gasteiger partial charge in [0.15, 0.2) is 5.11 Å². The van der Waals surface area contributed by atoms with E-state index in [1.807, 2.05) is 35.2 Å². The molecule has 4 nitrogen and oxygen atoms in total. The molecule has 0 spiro atoms. The van der Waals surface area contributed by atoms with Crippen molar-refractivity contribution in [1.29, 1.82) is 0 Å². The van der Waals surface area contributed by atoms with Crippen molar-refractivity contribution in [1.82, 2.24) is 10.3 Å². The van der Waals surface area contributed by atoms with Crippen LogP contribution in [0.15, 0.2) is 71.5 Å². The topological polar surface area (TPSA) is 41.3 Å². The van der Waals surface area contributed by atoms with Crippen molar-refractivity contribution in [2.75, 3.05) is 4.90 Å². The zero-order chi connectivity index (χ0) is 16.5. The number of aromatic nitrogens is 1. The van der Waals surface area contributed by atoms with Crippen molar-refractivity contribution in [3.8, 4) is 0 Å². The molecular weight excluding hydrogens is 325 g/mol. The largest absolute Gasteiger partial charge is 0.467 e. The second kappa shape index (κ2) is 6.05. The quantitative estimate of drug-likeness (QED) is 0.731. The smallest absolute Gasteiger partial charge is 0.174 e. The number of nitrogens with one attached hydrogen (secondary N) is 1. The zero-order valence-electron chi connectivity index (χ0n) is 12.6. The maximum Gasteiger partial charge on any atom is 0.174 e. The van der Waals surface area contributed by atoms with Gasteiger partial charge in [0.25, 0.3) is 0 Å². The van der Waals surface area contributed by atoms with Crippen LogP contribution in [0.4, 0.5) is 10.1 Å². The van der Waals surface area contributed by atoms with Gasteiger partial charge in [-0.1, -0.05) is 6.07 Å². The fraction of sp³-hybridized carbons (Fsp3) is 0.111. The number of anilines is 1. The van der Waals surface area contributed by atoms with Crippen molar-refractivity contribution >= 4 is 23.0 Å². The first kappa shape index (κ1) is 14.8. The summed E-state index contributed by atoms with van der Waals surface area (Å²) in [6.07, 6.45) is 3.38. The molecule has 1 fully saturated rings. The van der Waals surface area contributed by atoms with Gasteiger partial charge in [0.2, 0.25) is 0 Å². The fourth-order valence-electron chi connectivity index (χ4n) is 2.98. The highest BCUT2D eigenvalue weighted by Crippen LogP contribution is 2.41. The molecule has 6 heteroatoms. The van der Waals surface area contributed by atoms with Crippen LogP contribution in [0.5, 0.6) is 0 Å². The number of rotatable bonds is 3. The van der Waals surface area contributed by atoms with Gasteiger partial charge >= 0.3 is 0 Å². The Hall–Kier alpha value is -2.73. The van der Waals surface area contributed by atoms with Crippen LogP contribution >= 0.6 is 12.2 Å². The predicted molar refractivity (Wildman–Crippen MR) is 93.0 cm³/mol. The summed E-state index contributed by atoms with van der Waals surface area (Å²) in [4.78, 5) is 6.38. The number of thiocarbonyl (C=S) groups is 1. The fourth-order valence-corrected chi connectivity index (χ4v) is 3.33. The average Bonchev–Trinajstić information content (AvgIpc) is 3.24. The average molecular weight is 339 g/mol. The molecule has 1 aromatic carbocycles. The van der Waals surface area contributed by atoms with Crippen LogP contribution in [-0.4, -0.2) is 10.1 Å². The Morgan fingerprint density at radius 3 is 2.58 bits per heavy atom. The summed E-state index contributed by atoms with van der Waals surface area (Å²) < 4.78 is 18.9. The molecule has 120 valence electrons. The molecule has 0 amide bonds. The van der Waals surface area contributed by atoms with Crippen LogP contribution in [0.1, 0.15) is 23.5 Å². The van der Waals surface area contributed by atoms with Gasteiger partial charge < -0.3 is 14.6 Å². The van der Waals surface area contributed by atoms with E-state index in [0.717, 1.165) is 17.1 Å². The lowest BCUT2D eigenvalue weighted by atomic mass is 10.0. The highest BCUT2D eigenvalue weighted by Gasteiger charge is 2.42. The van der Waals surface area contributed by atoms with Crippen molar-refractivity contribution in [2.24, 2.45) is 0 Å². The van der Waals surface area contributed by atoms with E-state index in [0.29, 0.717) is 5.11 Å². The minimum Gasteiger partial charge on any atom is -0.467 e. The van der Waals surface area contributed by atoms with E-state index in [1.165, 1.54) is 12.1 Å². The highest BCUT2D eigenvalue weighted by molar-refractivity contribution is 7.80. The molecule has 3 heterocycles. The Balaban J connectivity index is 1.80. The van der Waals surface area contributed by atoms with Crippen LogP contribution in [0.25, 0.3) is 0 Å². The predicted octanol–water partition coefficient (Wildman–Crippen LogP) is 3.99. The van der Waals surface area contributed by atoms with Gasteiger partial charge in [-0.05, 0) is 60.7 Å². The van der Waals surface area contributed by atoms with Gasteiger partial charge in [-0.2, -0.15) is 0 Å². The normalized spacial score (nSPS) is 20.2. The third-order valence-corrected chi connectivity index (χ3v) is 4.35. The zero-order valence-corrected chi connectivity index (χ0v) is 13.4. The summed E-state index contributed by atoms with van der Waals surface area (Å²) >= 11 is 5.54. The highest BCUT2D eigenvalue weighted by atomic mass is 32.1. The van der Waals surface area contributed by atoms with Crippen molar-refractivity contribution in [3.05, 3.63) is 84.3 Å². The molecule has 1 aliphatic rings. The molecule has 0 radical (unpaired) electrons. The number of nitrogens with zero attached hydrogens (tertiary/aromatic N) is 2. The van der Waals surface area contributed by atoms with Crippen LogP contribution in [-0.2, 0) is 0 Å². The van der Waals surface area contributed by atoms with Crippen molar-refractivity contribution < 1.29 is 8.81 Å². The molecule has 0 bridgehead atoms. The summed E-state index contributed by atoms with van der Waals surface area (Å²) in [5.41, 5.74) is 1.67. The summed E-state index contributed by atoms with van der Waals surface area (Å²) in [5, 5.41) is 3.87. The lowest BCUT2D eigenvalue weighted by molar-refractivity contribution is 0.432. The van der Waals surface area contributed by atoms with E-state index in [1.54, 1.807) is 24.6 Å².